The highest BCUT2D eigenvalue weighted by molar-refractivity contribution is 5.95. The summed E-state index contributed by atoms with van der Waals surface area (Å²) in [5, 5.41) is 22.4. The number of aromatic nitrogens is 1. The molecule has 0 spiro atoms. The van der Waals surface area contributed by atoms with Gasteiger partial charge in [0.15, 0.2) is 0 Å². The van der Waals surface area contributed by atoms with Crippen LogP contribution in [0.4, 0.5) is 18.9 Å². The number of aliphatic hydroxyl groups excluding tert-OH is 1. The smallest absolute Gasteiger partial charge is 0.475 e. The van der Waals surface area contributed by atoms with Gasteiger partial charge in [-0.3, -0.25) is 9.78 Å². The second-order valence-corrected chi connectivity index (χ2v) is 6.75. The number of carbonyl (C=O) groups excluding carboxylic acids is 1. The lowest BCUT2D eigenvalue weighted by atomic mass is 10.1. The van der Waals surface area contributed by atoms with Crippen molar-refractivity contribution in [1.82, 2.24) is 9.88 Å². The maximum Gasteiger partial charge on any atom is 0.490 e. The Bertz CT molecular complexity index is 881. The highest BCUT2D eigenvalue weighted by atomic mass is 19.4. The van der Waals surface area contributed by atoms with E-state index < -0.39 is 18.2 Å². The van der Waals surface area contributed by atoms with Crippen molar-refractivity contribution >= 4 is 28.3 Å². The number of rotatable bonds is 3. The lowest BCUT2D eigenvalue weighted by molar-refractivity contribution is -0.192. The molecule has 1 aliphatic rings. The highest BCUT2D eigenvalue weighted by Crippen LogP contribution is 2.27. The highest BCUT2D eigenvalue weighted by Gasteiger charge is 2.38. The standard InChI is InChI=1S/C17H21N3O2.C2HF3O2/c1-11-8-18-9-13-4-3-5-15(16(11)13)19-14-6-7-20(10-14)17(22)12(2)21;3-2(4,5)1(6)7/h3-5,8-9,12,14,19,21H,6-7,10H2,1-2H3;(H,6,7)/t12-,14?;/m0./s1. The Morgan fingerprint density at radius 1 is 1.31 bits per heavy atom. The second kappa shape index (κ2) is 9.08. The molecular formula is C19H22F3N3O4. The number of aryl methyl sites for hydroxylation is 1. The van der Waals surface area contributed by atoms with E-state index in [1.54, 1.807) is 4.90 Å². The summed E-state index contributed by atoms with van der Waals surface area (Å²) in [6.07, 6.45) is -1.39. The van der Waals surface area contributed by atoms with E-state index in [2.05, 4.69) is 29.4 Å². The van der Waals surface area contributed by atoms with Crippen LogP contribution in [0.2, 0.25) is 0 Å². The van der Waals surface area contributed by atoms with Crippen molar-refractivity contribution in [2.45, 2.75) is 38.6 Å². The Hall–Kier alpha value is -2.88. The fourth-order valence-corrected chi connectivity index (χ4v) is 3.09. The first-order chi connectivity index (χ1) is 13.5. The van der Waals surface area contributed by atoms with Crippen molar-refractivity contribution in [1.29, 1.82) is 0 Å². The summed E-state index contributed by atoms with van der Waals surface area (Å²) < 4.78 is 31.7. The third-order valence-corrected chi connectivity index (χ3v) is 4.43. The van der Waals surface area contributed by atoms with Crippen LogP contribution in [-0.2, 0) is 9.59 Å². The molecule has 29 heavy (non-hydrogen) atoms. The zero-order valence-electron chi connectivity index (χ0n) is 15.9. The normalized spacial score (nSPS) is 17.4. The van der Waals surface area contributed by atoms with E-state index in [4.69, 9.17) is 9.90 Å². The molecule has 0 radical (unpaired) electrons. The number of amides is 1. The van der Waals surface area contributed by atoms with Crippen molar-refractivity contribution in [3.63, 3.8) is 0 Å². The maximum absolute atomic E-state index is 11.8. The number of carbonyl (C=O) groups is 2. The van der Waals surface area contributed by atoms with Crippen molar-refractivity contribution < 1.29 is 33.0 Å². The third kappa shape index (κ3) is 5.80. The molecule has 7 nitrogen and oxygen atoms in total. The average molecular weight is 413 g/mol. The number of carboxylic acids is 1. The van der Waals surface area contributed by atoms with Crippen LogP contribution in [0.1, 0.15) is 18.9 Å². The van der Waals surface area contributed by atoms with Crippen LogP contribution in [0.15, 0.2) is 30.6 Å². The van der Waals surface area contributed by atoms with E-state index in [-0.39, 0.29) is 11.9 Å². The Morgan fingerprint density at radius 2 is 1.97 bits per heavy atom. The number of halogens is 3. The SMILES string of the molecule is Cc1cncc2cccc(NC3CCN(C(=O)[C@H](C)O)C3)c12.O=C(O)C(F)(F)F. The number of pyridine rings is 1. The minimum Gasteiger partial charge on any atom is -0.475 e. The number of nitrogens with zero attached hydrogens (tertiary/aromatic N) is 2. The molecule has 10 heteroatoms. The first-order valence-electron chi connectivity index (χ1n) is 8.87. The molecule has 1 saturated heterocycles. The minimum atomic E-state index is -5.08. The number of hydrogen-bond acceptors (Lipinski definition) is 5. The Balaban J connectivity index is 0.000000370. The maximum atomic E-state index is 11.8. The van der Waals surface area contributed by atoms with E-state index in [9.17, 15) is 23.1 Å². The number of aliphatic carboxylic acids is 1. The molecule has 2 aromatic rings. The molecule has 0 saturated carbocycles. The van der Waals surface area contributed by atoms with Gasteiger partial charge in [0.1, 0.15) is 6.10 Å². The van der Waals surface area contributed by atoms with Gasteiger partial charge >= 0.3 is 12.1 Å². The van der Waals surface area contributed by atoms with E-state index in [0.29, 0.717) is 13.1 Å². The van der Waals surface area contributed by atoms with E-state index in [1.165, 1.54) is 12.3 Å². The summed E-state index contributed by atoms with van der Waals surface area (Å²) in [6, 6.07) is 6.34. The Kier molecular flexibility index (Phi) is 7.02. The van der Waals surface area contributed by atoms with Gasteiger partial charge in [0.05, 0.1) is 0 Å². The van der Waals surface area contributed by atoms with Crippen LogP contribution in [0, 0.1) is 6.92 Å². The molecular weight excluding hydrogens is 391 g/mol. The molecule has 1 unspecified atom stereocenters. The number of fused-ring (bicyclic) bond motifs is 1. The number of alkyl halides is 3. The summed E-state index contributed by atoms with van der Waals surface area (Å²) in [5.41, 5.74) is 2.21. The first-order valence-corrected chi connectivity index (χ1v) is 8.87. The topological polar surface area (TPSA) is 103 Å². The molecule has 2 heterocycles. The summed E-state index contributed by atoms with van der Waals surface area (Å²) in [5.74, 6) is -2.95. The van der Waals surface area contributed by atoms with Crippen LogP contribution in [0.5, 0.6) is 0 Å². The molecule has 1 aliphatic heterocycles. The van der Waals surface area contributed by atoms with E-state index in [0.717, 1.165) is 23.1 Å². The molecule has 3 N–H and O–H groups in total. The second-order valence-electron chi connectivity index (χ2n) is 6.75. The zero-order chi connectivity index (χ0) is 21.8. The number of benzene rings is 1. The van der Waals surface area contributed by atoms with Crippen molar-refractivity contribution in [3.05, 3.63) is 36.2 Å². The lowest BCUT2D eigenvalue weighted by Gasteiger charge is -2.20. The van der Waals surface area contributed by atoms with E-state index in [1.807, 2.05) is 18.5 Å². The molecule has 2 atom stereocenters. The van der Waals surface area contributed by atoms with Gasteiger partial charge < -0.3 is 20.4 Å². The summed E-state index contributed by atoms with van der Waals surface area (Å²) in [7, 11) is 0. The predicted octanol–water partition coefficient (Wildman–Crippen LogP) is 2.57. The van der Waals surface area contributed by atoms with Crippen molar-refractivity contribution in [3.8, 4) is 0 Å². The van der Waals surface area contributed by atoms with E-state index >= 15 is 0 Å². The van der Waals surface area contributed by atoms with Gasteiger partial charge in [-0.15, -0.1) is 0 Å². The molecule has 3 rings (SSSR count). The lowest BCUT2D eigenvalue weighted by Crippen LogP contribution is -2.37. The molecule has 0 aliphatic carbocycles. The van der Waals surface area contributed by atoms with Crippen LogP contribution in [0.3, 0.4) is 0 Å². The molecule has 1 aromatic carbocycles. The Morgan fingerprint density at radius 3 is 2.55 bits per heavy atom. The molecule has 158 valence electrons. The third-order valence-electron chi connectivity index (χ3n) is 4.43. The monoisotopic (exact) mass is 413 g/mol. The summed E-state index contributed by atoms with van der Waals surface area (Å²) in [4.78, 5) is 26.7. The number of carboxylic acid groups (broad SMARTS) is 1. The van der Waals surface area contributed by atoms with Gasteiger partial charge in [0, 0.05) is 48.0 Å². The predicted molar refractivity (Wildman–Crippen MR) is 100 cm³/mol. The quantitative estimate of drug-likeness (QED) is 0.715. The minimum absolute atomic E-state index is 0.192. The first kappa shape index (κ1) is 22.4. The molecule has 1 amide bonds. The molecule has 0 bridgehead atoms. The largest absolute Gasteiger partial charge is 0.490 e. The van der Waals surface area contributed by atoms with Gasteiger partial charge in [0.2, 0.25) is 0 Å². The van der Waals surface area contributed by atoms with Gasteiger partial charge in [-0.05, 0) is 31.9 Å². The molecule has 1 aromatic heterocycles. The van der Waals surface area contributed by atoms with Gasteiger partial charge in [-0.2, -0.15) is 13.2 Å². The Labute approximate surface area is 165 Å². The number of aliphatic hydroxyl groups is 1. The summed E-state index contributed by atoms with van der Waals surface area (Å²) >= 11 is 0. The van der Waals surface area contributed by atoms with Crippen LogP contribution < -0.4 is 5.32 Å². The van der Waals surface area contributed by atoms with Gasteiger partial charge in [-0.1, -0.05) is 12.1 Å². The van der Waals surface area contributed by atoms with Crippen LogP contribution in [-0.4, -0.2) is 63.4 Å². The molecule has 1 fully saturated rings. The number of hydrogen-bond donors (Lipinski definition) is 3. The van der Waals surface area contributed by atoms with Crippen molar-refractivity contribution in [2.24, 2.45) is 0 Å². The number of anilines is 1. The number of nitrogens with one attached hydrogen (secondary N) is 1. The van der Waals surface area contributed by atoms with Gasteiger partial charge in [0.25, 0.3) is 5.91 Å². The average Bonchev–Trinajstić information content (AvgIpc) is 3.09. The number of likely N-dealkylation sites (tertiary alicyclic amines) is 1. The van der Waals surface area contributed by atoms with Crippen LogP contribution >= 0.6 is 0 Å². The summed E-state index contributed by atoms with van der Waals surface area (Å²) in [6.45, 7) is 4.89. The van der Waals surface area contributed by atoms with Crippen LogP contribution in [0.25, 0.3) is 10.8 Å². The van der Waals surface area contributed by atoms with Gasteiger partial charge in [-0.25, -0.2) is 4.79 Å². The zero-order valence-corrected chi connectivity index (χ0v) is 15.9. The fourth-order valence-electron chi connectivity index (χ4n) is 3.09. The van der Waals surface area contributed by atoms with Crippen molar-refractivity contribution in [2.75, 3.05) is 18.4 Å². The fraction of sp³-hybridized carbons (Fsp3) is 0.421.